The summed E-state index contributed by atoms with van der Waals surface area (Å²) in [6.45, 7) is 0.603. The monoisotopic (exact) mass is 308 g/mol. The summed E-state index contributed by atoms with van der Waals surface area (Å²) < 4.78 is 39.6. The molecule has 6 heteroatoms. The Morgan fingerprint density at radius 2 is 1.62 bits per heavy atom. The number of benzene rings is 2. The van der Waals surface area contributed by atoms with Gasteiger partial charge in [0.2, 0.25) is 0 Å². The molecule has 0 saturated heterocycles. The van der Waals surface area contributed by atoms with Crippen molar-refractivity contribution in [2.75, 3.05) is 11.3 Å². The second-order valence-corrected chi connectivity index (χ2v) is 6.33. The van der Waals surface area contributed by atoms with Gasteiger partial charge in [0.1, 0.15) is 5.82 Å². The van der Waals surface area contributed by atoms with Crippen LogP contribution in [0, 0.1) is 5.82 Å². The van der Waals surface area contributed by atoms with Gasteiger partial charge in [-0.1, -0.05) is 12.1 Å². The molecule has 2 aromatic carbocycles. The van der Waals surface area contributed by atoms with Crippen LogP contribution >= 0.6 is 0 Å². The van der Waals surface area contributed by atoms with Gasteiger partial charge in [-0.25, -0.2) is 12.8 Å². The summed E-state index contributed by atoms with van der Waals surface area (Å²) in [5.41, 5.74) is 6.81. The molecule has 0 amide bonds. The smallest absolute Gasteiger partial charge is 0.261 e. The van der Waals surface area contributed by atoms with Gasteiger partial charge in [0.25, 0.3) is 10.0 Å². The molecule has 0 bridgehead atoms. The fraction of sp³-hybridized carbons (Fsp3) is 0.200. The highest BCUT2D eigenvalue weighted by molar-refractivity contribution is 7.92. The van der Waals surface area contributed by atoms with Crippen LogP contribution in [0.1, 0.15) is 12.0 Å². The van der Waals surface area contributed by atoms with Crippen molar-refractivity contribution >= 4 is 15.7 Å². The van der Waals surface area contributed by atoms with Crippen LogP contribution in [0.3, 0.4) is 0 Å². The van der Waals surface area contributed by atoms with Crippen molar-refractivity contribution in [2.24, 2.45) is 5.73 Å². The lowest BCUT2D eigenvalue weighted by Gasteiger charge is -2.08. The van der Waals surface area contributed by atoms with Crippen LogP contribution in [0.4, 0.5) is 10.1 Å². The Morgan fingerprint density at radius 3 is 2.19 bits per heavy atom. The van der Waals surface area contributed by atoms with Gasteiger partial charge in [-0.15, -0.1) is 0 Å². The van der Waals surface area contributed by atoms with E-state index < -0.39 is 15.8 Å². The number of aryl methyl sites for hydroxylation is 1. The minimum Gasteiger partial charge on any atom is -0.330 e. The highest BCUT2D eigenvalue weighted by atomic mass is 32.2. The first-order chi connectivity index (χ1) is 10.0. The number of nitrogens with two attached hydrogens (primary N) is 1. The molecule has 2 rings (SSSR count). The molecule has 0 fully saturated rings. The van der Waals surface area contributed by atoms with Crippen molar-refractivity contribution in [3.8, 4) is 0 Å². The second-order valence-electron chi connectivity index (χ2n) is 4.65. The maximum absolute atomic E-state index is 12.8. The van der Waals surface area contributed by atoms with Gasteiger partial charge in [0.15, 0.2) is 0 Å². The summed E-state index contributed by atoms with van der Waals surface area (Å²) in [6.07, 6.45) is 1.68. The van der Waals surface area contributed by atoms with Crippen LogP contribution < -0.4 is 10.5 Å². The van der Waals surface area contributed by atoms with Crippen LogP contribution in [0.5, 0.6) is 0 Å². The molecule has 0 spiro atoms. The zero-order valence-corrected chi connectivity index (χ0v) is 12.2. The van der Waals surface area contributed by atoms with E-state index in [-0.39, 0.29) is 4.90 Å². The minimum atomic E-state index is -3.66. The molecule has 4 nitrogen and oxygen atoms in total. The molecular formula is C15H17FN2O2S. The van der Waals surface area contributed by atoms with E-state index in [9.17, 15) is 12.8 Å². The van der Waals surface area contributed by atoms with E-state index in [2.05, 4.69) is 4.72 Å². The largest absolute Gasteiger partial charge is 0.330 e. The molecular weight excluding hydrogens is 291 g/mol. The molecule has 21 heavy (non-hydrogen) atoms. The maximum atomic E-state index is 12.8. The van der Waals surface area contributed by atoms with Crippen molar-refractivity contribution in [3.05, 3.63) is 59.9 Å². The van der Waals surface area contributed by atoms with Gasteiger partial charge < -0.3 is 5.73 Å². The molecule has 0 aliphatic heterocycles. The Hall–Kier alpha value is -1.92. The van der Waals surface area contributed by atoms with E-state index in [0.717, 1.165) is 18.4 Å². The van der Waals surface area contributed by atoms with Gasteiger partial charge >= 0.3 is 0 Å². The van der Waals surface area contributed by atoms with Crippen molar-refractivity contribution in [1.29, 1.82) is 0 Å². The lowest BCUT2D eigenvalue weighted by atomic mass is 10.1. The third kappa shape index (κ3) is 4.27. The number of hydrogen-bond donors (Lipinski definition) is 2. The average Bonchev–Trinajstić information content (AvgIpc) is 2.48. The summed E-state index contributed by atoms with van der Waals surface area (Å²) in [4.78, 5) is 0.170. The third-order valence-corrected chi connectivity index (χ3v) is 4.40. The SMILES string of the molecule is NCCCc1ccc(S(=O)(=O)Nc2ccc(F)cc2)cc1. The van der Waals surface area contributed by atoms with E-state index in [1.54, 1.807) is 24.3 Å². The molecule has 0 radical (unpaired) electrons. The Kier molecular flexibility index (Phi) is 4.93. The molecule has 0 heterocycles. The van der Waals surface area contributed by atoms with E-state index in [1.807, 2.05) is 0 Å². The molecule has 3 N–H and O–H groups in total. The lowest BCUT2D eigenvalue weighted by Crippen LogP contribution is -2.13. The van der Waals surface area contributed by atoms with Gasteiger partial charge in [-0.05, 0) is 61.3 Å². The standard InChI is InChI=1S/C15H17FN2O2S/c16-13-5-7-14(8-6-13)18-21(19,20)15-9-3-12(4-10-15)2-1-11-17/h3-10,18H,1-2,11,17H2. The topological polar surface area (TPSA) is 72.2 Å². The van der Waals surface area contributed by atoms with E-state index >= 15 is 0 Å². The molecule has 0 unspecified atom stereocenters. The van der Waals surface area contributed by atoms with Gasteiger partial charge in [-0.3, -0.25) is 4.72 Å². The van der Waals surface area contributed by atoms with Gasteiger partial charge in [0.05, 0.1) is 4.90 Å². The number of sulfonamides is 1. The first kappa shape index (κ1) is 15.5. The molecule has 0 aromatic heterocycles. The Labute approximate surface area is 123 Å². The summed E-state index contributed by atoms with van der Waals surface area (Å²) >= 11 is 0. The number of hydrogen-bond acceptors (Lipinski definition) is 3. The van der Waals surface area contributed by atoms with E-state index in [0.29, 0.717) is 12.2 Å². The fourth-order valence-electron chi connectivity index (χ4n) is 1.87. The predicted octanol–water partition coefficient (Wildman–Crippen LogP) is 2.52. The average molecular weight is 308 g/mol. The minimum absolute atomic E-state index is 0.170. The van der Waals surface area contributed by atoms with Crippen molar-refractivity contribution in [2.45, 2.75) is 17.7 Å². The molecule has 0 saturated carbocycles. The zero-order chi connectivity index (χ0) is 15.3. The van der Waals surface area contributed by atoms with Gasteiger partial charge in [-0.2, -0.15) is 0 Å². The maximum Gasteiger partial charge on any atom is 0.261 e. The second kappa shape index (κ2) is 6.69. The quantitative estimate of drug-likeness (QED) is 0.861. The molecule has 0 atom stereocenters. The van der Waals surface area contributed by atoms with Crippen LogP contribution in [0.25, 0.3) is 0 Å². The summed E-state index contributed by atoms with van der Waals surface area (Å²) in [6, 6.07) is 11.8. The Bertz CT molecular complexity index is 683. The highest BCUT2D eigenvalue weighted by Crippen LogP contribution is 2.17. The van der Waals surface area contributed by atoms with Crippen molar-refractivity contribution < 1.29 is 12.8 Å². The first-order valence-corrected chi connectivity index (χ1v) is 8.07. The summed E-state index contributed by atoms with van der Waals surface area (Å²) in [5, 5.41) is 0. The van der Waals surface area contributed by atoms with E-state index in [1.165, 1.54) is 24.3 Å². The number of halogens is 1. The number of anilines is 1. The normalized spacial score (nSPS) is 11.3. The summed E-state index contributed by atoms with van der Waals surface area (Å²) in [7, 11) is -3.66. The zero-order valence-electron chi connectivity index (χ0n) is 11.4. The number of rotatable bonds is 6. The van der Waals surface area contributed by atoms with Crippen LogP contribution in [-0.4, -0.2) is 15.0 Å². The molecule has 0 aliphatic rings. The Morgan fingerprint density at radius 1 is 1.00 bits per heavy atom. The predicted molar refractivity (Wildman–Crippen MR) is 81.0 cm³/mol. The molecule has 2 aromatic rings. The fourth-order valence-corrected chi connectivity index (χ4v) is 2.93. The third-order valence-electron chi connectivity index (χ3n) is 3.00. The molecule has 112 valence electrons. The first-order valence-electron chi connectivity index (χ1n) is 6.59. The van der Waals surface area contributed by atoms with Crippen LogP contribution in [0.15, 0.2) is 53.4 Å². The summed E-state index contributed by atoms with van der Waals surface area (Å²) in [5.74, 6) is -0.415. The Balaban J connectivity index is 2.13. The van der Waals surface area contributed by atoms with Crippen molar-refractivity contribution in [3.63, 3.8) is 0 Å². The molecule has 0 aliphatic carbocycles. The van der Waals surface area contributed by atoms with Crippen LogP contribution in [0.2, 0.25) is 0 Å². The van der Waals surface area contributed by atoms with E-state index in [4.69, 9.17) is 5.73 Å². The van der Waals surface area contributed by atoms with Crippen molar-refractivity contribution in [1.82, 2.24) is 0 Å². The lowest BCUT2D eigenvalue weighted by molar-refractivity contribution is 0.601. The number of nitrogens with one attached hydrogen (secondary N) is 1. The van der Waals surface area contributed by atoms with Crippen LogP contribution in [-0.2, 0) is 16.4 Å². The highest BCUT2D eigenvalue weighted by Gasteiger charge is 2.13. The van der Waals surface area contributed by atoms with Gasteiger partial charge in [0, 0.05) is 5.69 Å².